The average molecular weight is 384 g/mol. The lowest BCUT2D eigenvalue weighted by molar-refractivity contribution is 0.0696. The maximum Gasteiger partial charge on any atom is 0.335 e. The predicted octanol–water partition coefficient (Wildman–Crippen LogP) is 2.97. The first-order chi connectivity index (χ1) is 13.3. The van der Waals surface area contributed by atoms with E-state index in [1.54, 1.807) is 10.9 Å². The number of carbonyl (C=O) groups excluding carboxylic acids is 1. The van der Waals surface area contributed by atoms with E-state index in [1.807, 2.05) is 27.0 Å². The minimum Gasteiger partial charge on any atom is -0.489 e. The number of ether oxygens (including phenoxy) is 1. The molecule has 0 spiro atoms. The van der Waals surface area contributed by atoms with Gasteiger partial charge in [0.1, 0.15) is 12.3 Å². The van der Waals surface area contributed by atoms with E-state index in [0.29, 0.717) is 18.1 Å². The van der Waals surface area contributed by atoms with Gasteiger partial charge in [0.2, 0.25) is 0 Å². The molecule has 2 heterocycles. The van der Waals surface area contributed by atoms with Crippen molar-refractivity contribution in [1.29, 1.82) is 0 Å². The molecular weight excluding hydrogens is 364 g/mol. The van der Waals surface area contributed by atoms with E-state index in [1.165, 1.54) is 24.3 Å². The fourth-order valence-electron chi connectivity index (χ4n) is 2.51. The van der Waals surface area contributed by atoms with Gasteiger partial charge in [-0.3, -0.25) is 9.48 Å². The van der Waals surface area contributed by atoms with Crippen molar-refractivity contribution in [2.45, 2.75) is 33.4 Å². The van der Waals surface area contributed by atoms with E-state index >= 15 is 0 Å². The number of carboxylic acid groups (broad SMARTS) is 1. The molecule has 0 fully saturated rings. The van der Waals surface area contributed by atoms with Crippen LogP contribution in [-0.2, 0) is 6.54 Å². The van der Waals surface area contributed by atoms with E-state index in [0.717, 1.165) is 5.56 Å². The maximum atomic E-state index is 12.5. The summed E-state index contributed by atoms with van der Waals surface area (Å²) in [5, 5.41) is 19.8. The Morgan fingerprint density at radius 3 is 2.75 bits per heavy atom. The molecule has 0 atom stereocenters. The summed E-state index contributed by atoms with van der Waals surface area (Å²) in [7, 11) is 0. The molecule has 0 bridgehead atoms. The zero-order valence-corrected chi connectivity index (χ0v) is 15.7. The highest BCUT2D eigenvalue weighted by Crippen LogP contribution is 2.27. The zero-order chi connectivity index (χ0) is 20.3. The Morgan fingerprint density at radius 1 is 1.32 bits per heavy atom. The highest BCUT2D eigenvalue weighted by atomic mass is 16.5. The molecule has 3 rings (SSSR count). The van der Waals surface area contributed by atoms with Gasteiger partial charge in [0.15, 0.2) is 11.5 Å². The summed E-state index contributed by atoms with van der Waals surface area (Å²) in [6.07, 6.45) is 3.41. The second kappa shape index (κ2) is 7.95. The summed E-state index contributed by atoms with van der Waals surface area (Å²) in [5.41, 5.74) is 1.34. The van der Waals surface area contributed by atoms with Crippen LogP contribution < -0.4 is 10.1 Å². The van der Waals surface area contributed by atoms with E-state index < -0.39 is 11.9 Å². The molecule has 2 aromatic heterocycles. The summed E-state index contributed by atoms with van der Waals surface area (Å²) >= 11 is 0. The van der Waals surface area contributed by atoms with Crippen molar-refractivity contribution in [2.24, 2.45) is 0 Å². The van der Waals surface area contributed by atoms with Crippen LogP contribution in [0.4, 0.5) is 5.69 Å². The summed E-state index contributed by atoms with van der Waals surface area (Å²) < 4.78 is 12.5. The minimum absolute atomic E-state index is 0.0290. The van der Waals surface area contributed by atoms with E-state index in [-0.39, 0.29) is 23.0 Å². The molecule has 1 aromatic carbocycles. The Labute approximate surface area is 160 Å². The van der Waals surface area contributed by atoms with Gasteiger partial charge in [-0.05, 0) is 44.5 Å². The summed E-state index contributed by atoms with van der Waals surface area (Å²) in [6.45, 7) is 5.92. The molecule has 0 saturated heterocycles. The van der Waals surface area contributed by atoms with Crippen molar-refractivity contribution in [3.05, 3.63) is 59.2 Å². The number of carboxylic acids is 1. The number of hydrogen-bond donors (Lipinski definition) is 2. The zero-order valence-electron chi connectivity index (χ0n) is 15.7. The number of carbonyl (C=O) groups is 2. The minimum atomic E-state index is -1.11. The Morgan fingerprint density at radius 2 is 2.11 bits per heavy atom. The molecule has 28 heavy (non-hydrogen) atoms. The lowest BCUT2D eigenvalue weighted by Gasteiger charge is -2.15. The predicted molar refractivity (Wildman–Crippen MR) is 99.7 cm³/mol. The van der Waals surface area contributed by atoms with Crippen LogP contribution in [0, 0.1) is 6.92 Å². The molecule has 3 aromatic rings. The lowest BCUT2D eigenvalue weighted by atomic mass is 10.1. The van der Waals surface area contributed by atoms with E-state index in [9.17, 15) is 14.7 Å². The molecular formula is C19H20N4O5. The Balaban J connectivity index is 1.78. The van der Waals surface area contributed by atoms with Crippen LogP contribution >= 0.6 is 0 Å². The third kappa shape index (κ3) is 4.56. The van der Waals surface area contributed by atoms with Crippen LogP contribution in [0.3, 0.4) is 0 Å². The number of aromatic nitrogens is 3. The van der Waals surface area contributed by atoms with Crippen LogP contribution in [0.2, 0.25) is 0 Å². The topological polar surface area (TPSA) is 119 Å². The number of amides is 1. The first-order valence-electron chi connectivity index (χ1n) is 8.62. The molecule has 0 saturated carbocycles. The maximum absolute atomic E-state index is 12.5. The number of nitrogens with one attached hydrogen (secondary N) is 1. The summed E-state index contributed by atoms with van der Waals surface area (Å²) in [5.74, 6) is -0.817. The molecule has 0 unspecified atom stereocenters. The second-order valence-corrected chi connectivity index (χ2v) is 6.53. The Hall–Kier alpha value is -3.62. The monoisotopic (exact) mass is 384 g/mol. The second-order valence-electron chi connectivity index (χ2n) is 6.53. The molecule has 0 aliphatic carbocycles. The average Bonchev–Trinajstić information content (AvgIpc) is 3.25. The Bertz CT molecular complexity index is 1010. The van der Waals surface area contributed by atoms with Gasteiger partial charge >= 0.3 is 5.97 Å². The van der Waals surface area contributed by atoms with Gasteiger partial charge in [0.25, 0.3) is 5.91 Å². The van der Waals surface area contributed by atoms with E-state index in [4.69, 9.17) is 9.26 Å². The van der Waals surface area contributed by atoms with Crippen LogP contribution in [0.1, 0.15) is 46.0 Å². The number of benzene rings is 1. The molecule has 9 nitrogen and oxygen atoms in total. The van der Waals surface area contributed by atoms with Crippen molar-refractivity contribution in [2.75, 3.05) is 5.32 Å². The highest BCUT2D eigenvalue weighted by Gasteiger charge is 2.17. The first-order valence-corrected chi connectivity index (χ1v) is 8.62. The van der Waals surface area contributed by atoms with Gasteiger partial charge in [0.05, 0.1) is 23.6 Å². The van der Waals surface area contributed by atoms with Gasteiger partial charge in [-0.2, -0.15) is 5.10 Å². The lowest BCUT2D eigenvalue weighted by Crippen LogP contribution is -2.15. The van der Waals surface area contributed by atoms with Crippen LogP contribution in [-0.4, -0.2) is 38.0 Å². The van der Waals surface area contributed by atoms with Gasteiger partial charge in [-0.15, -0.1) is 0 Å². The molecule has 0 radical (unpaired) electrons. The van der Waals surface area contributed by atoms with Gasteiger partial charge in [-0.25, -0.2) is 4.79 Å². The van der Waals surface area contributed by atoms with Gasteiger partial charge in [0, 0.05) is 12.3 Å². The molecule has 2 N–H and O–H groups in total. The number of rotatable bonds is 7. The summed E-state index contributed by atoms with van der Waals surface area (Å²) in [6, 6.07) is 5.77. The Kier molecular flexibility index (Phi) is 5.44. The van der Waals surface area contributed by atoms with Crippen molar-refractivity contribution >= 4 is 17.6 Å². The van der Waals surface area contributed by atoms with E-state index in [2.05, 4.69) is 15.6 Å². The van der Waals surface area contributed by atoms with Gasteiger partial charge < -0.3 is 19.7 Å². The third-order valence-corrected chi connectivity index (χ3v) is 3.71. The quantitative estimate of drug-likeness (QED) is 0.642. The molecule has 146 valence electrons. The number of aromatic carboxylic acids is 1. The van der Waals surface area contributed by atoms with Crippen molar-refractivity contribution in [3.63, 3.8) is 0 Å². The standard InChI is InChI=1S/C19H20N4O5/c1-11(2)27-17-5-4-13(19(25)26)6-15(17)21-18(24)16-7-14(28-22-16)10-23-9-12(3)8-20-23/h4-9,11H,10H2,1-3H3,(H,21,24)(H,25,26). The summed E-state index contributed by atoms with van der Waals surface area (Å²) in [4.78, 5) is 23.8. The van der Waals surface area contributed by atoms with Crippen molar-refractivity contribution in [1.82, 2.24) is 14.9 Å². The molecule has 1 amide bonds. The SMILES string of the molecule is Cc1cnn(Cc2cc(C(=O)Nc3cc(C(=O)O)ccc3OC(C)C)no2)c1. The van der Waals surface area contributed by atoms with Crippen molar-refractivity contribution in [3.8, 4) is 5.75 Å². The number of nitrogens with zero attached hydrogens (tertiary/aromatic N) is 3. The fourth-order valence-corrected chi connectivity index (χ4v) is 2.51. The van der Waals surface area contributed by atoms with Crippen LogP contribution in [0.25, 0.3) is 0 Å². The van der Waals surface area contributed by atoms with Crippen LogP contribution in [0.5, 0.6) is 5.75 Å². The van der Waals surface area contributed by atoms with Crippen molar-refractivity contribution < 1.29 is 24.0 Å². The molecule has 9 heteroatoms. The normalized spacial score (nSPS) is 10.9. The van der Waals surface area contributed by atoms with Crippen LogP contribution in [0.15, 0.2) is 41.2 Å². The first kappa shape index (κ1) is 19.2. The number of aryl methyl sites for hydroxylation is 1. The number of anilines is 1. The smallest absolute Gasteiger partial charge is 0.335 e. The molecule has 0 aliphatic heterocycles. The fraction of sp³-hybridized carbons (Fsp3) is 0.263. The largest absolute Gasteiger partial charge is 0.489 e. The highest BCUT2D eigenvalue weighted by molar-refractivity contribution is 6.04. The van der Waals surface area contributed by atoms with Gasteiger partial charge in [-0.1, -0.05) is 5.16 Å². The number of hydrogen-bond acceptors (Lipinski definition) is 6. The third-order valence-electron chi connectivity index (χ3n) is 3.71. The molecule has 0 aliphatic rings.